The van der Waals surface area contributed by atoms with Gasteiger partial charge >= 0.3 is 0 Å². The van der Waals surface area contributed by atoms with Crippen LogP contribution >= 0.6 is 0 Å². The second-order valence-corrected chi connectivity index (χ2v) is 6.64. The highest BCUT2D eigenvalue weighted by atomic mass is 16.1. The number of hydrogen-bond acceptors (Lipinski definition) is 3. The van der Waals surface area contributed by atoms with Gasteiger partial charge in [0, 0.05) is 34.8 Å². The molecule has 3 atom stereocenters. The molecule has 2 bridgehead atoms. The van der Waals surface area contributed by atoms with E-state index in [1.165, 1.54) is 6.42 Å². The van der Waals surface area contributed by atoms with Crippen molar-refractivity contribution in [2.24, 2.45) is 0 Å². The largest absolute Gasteiger partial charge is 0.348 e. The lowest BCUT2D eigenvalue weighted by Gasteiger charge is -2.21. The van der Waals surface area contributed by atoms with Gasteiger partial charge in [0.2, 0.25) is 0 Å². The molecule has 24 heavy (non-hydrogen) atoms. The number of carbonyl (C=O) groups is 2. The van der Waals surface area contributed by atoms with E-state index >= 15 is 0 Å². The first kappa shape index (κ1) is 15.1. The van der Waals surface area contributed by atoms with E-state index in [0.717, 1.165) is 12.8 Å². The maximum Gasteiger partial charge on any atom is 0.251 e. The number of hydrogen-bond donors (Lipinski definition) is 2. The number of nitrogens with one attached hydrogen (secondary N) is 2. The van der Waals surface area contributed by atoms with Gasteiger partial charge in [-0.25, -0.2) is 0 Å². The lowest BCUT2D eigenvalue weighted by molar-refractivity contribution is 0.0929. The highest BCUT2D eigenvalue weighted by Crippen LogP contribution is 2.28. The average Bonchev–Trinajstić information content (AvgIpc) is 3.25. The van der Waals surface area contributed by atoms with Crippen LogP contribution < -0.4 is 10.6 Å². The maximum atomic E-state index is 12.4. The molecule has 0 radical (unpaired) electrons. The summed E-state index contributed by atoms with van der Waals surface area (Å²) in [7, 11) is 0. The monoisotopic (exact) mass is 320 g/mol. The first-order valence-corrected chi connectivity index (χ1v) is 8.47. The minimum atomic E-state index is -0.0620. The third-order valence-corrected chi connectivity index (χ3v) is 5.06. The van der Waals surface area contributed by atoms with Crippen molar-refractivity contribution in [2.45, 2.75) is 37.4 Å². The zero-order valence-corrected chi connectivity index (χ0v) is 13.4. The summed E-state index contributed by atoms with van der Waals surface area (Å²) in [6.07, 6.45) is 3.37. The Labute approximate surface area is 141 Å². The zero-order chi connectivity index (χ0) is 16.5. The highest BCUT2D eigenvalue weighted by molar-refractivity contribution is 6.09. The summed E-state index contributed by atoms with van der Waals surface area (Å²) in [5.41, 5.74) is 1.85. The van der Waals surface area contributed by atoms with Gasteiger partial charge in [-0.3, -0.25) is 9.59 Å². The molecule has 4 heteroatoms. The fourth-order valence-electron chi connectivity index (χ4n) is 3.76. The van der Waals surface area contributed by atoms with E-state index in [1.54, 1.807) is 36.4 Å². The molecule has 2 heterocycles. The van der Waals surface area contributed by atoms with Gasteiger partial charge in [-0.2, -0.15) is 0 Å². The van der Waals surface area contributed by atoms with E-state index in [-0.39, 0.29) is 17.7 Å². The summed E-state index contributed by atoms with van der Waals surface area (Å²) in [6, 6.07) is 17.3. The van der Waals surface area contributed by atoms with Gasteiger partial charge in [-0.1, -0.05) is 42.5 Å². The Balaban J connectivity index is 1.44. The predicted octanol–water partition coefficient (Wildman–Crippen LogP) is 2.54. The Bertz CT molecular complexity index is 755. The SMILES string of the molecule is O=C(NC1CC2CCC1N2)c1ccc(C(=O)c2ccccc2)cc1. The lowest BCUT2D eigenvalue weighted by atomic mass is 9.95. The fourth-order valence-corrected chi connectivity index (χ4v) is 3.76. The van der Waals surface area contributed by atoms with Crippen LogP contribution in [-0.2, 0) is 0 Å². The number of ketones is 1. The van der Waals surface area contributed by atoms with Crippen LogP contribution in [0.4, 0.5) is 0 Å². The van der Waals surface area contributed by atoms with Crippen molar-refractivity contribution < 1.29 is 9.59 Å². The van der Waals surface area contributed by atoms with Crippen LogP contribution in [0.5, 0.6) is 0 Å². The van der Waals surface area contributed by atoms with Crippen molar-refractivity contribution in [3.8, 4) is 0 Å². The van der Waals surface area contributed by atoms with E-state index in [2.05, 4.69) is 10.6 Å². The van der Waals surface area contributed by atoms with E-state index in [4.69, 9.17) is 0 Å². The summed E-state index contributed by atoms with van der Waals surface area (Å²) >= 11 is 0. The molecule has 2 fully saturated rings. The van der Waals surface area contributed by atoms with E-state index < -0.39 is 0 Å². The normalized spacial score (nSPS) is 24.8. The molecule has 2 saturated heterocycles. The van der Waals surface area contributed by atoms with E-state index in [0.29, 0.717) is 28.8 Å². The molecule has 2 N–H and O–H groups in total. The van der Waals surface area contributed by atoms with Crippen LogP contribution in [0.1, 0.15) is 45.5 Å². The van der Waals surface area contributed by atoms with Gasteiger partial charge in [0.25, 0.3) is 5.91 Å². The van der Waals surface area contributed by atoms with Gasteiger partial charge in [0.1, 0.15) is 0 Å². The van der Waals surface area contributed by atoms with Crippen molar-refractivity contribution >= 4 is 11.7 Å². The van der Waals surface area contributed by atoms with Gasteiger partial charge in [0.15, 0.2) is 5.78 Å². The molecule has 122 valence electrons. The Morgan fingerprint density at radius 2 is 1.54 bits per heavy atom. The van der Waals surface area contributed by atoms with Gasteiger partial charge in [-0.15, -0.1) is 0 Å². The minimum absolute atomic E-state index is 0.0279. The van der Waals surface area contributed by atoms with Crippen molar-refractivity contribution in [2.75, 3.05) is 0 Å². The number of amides is 1. The predicted molar refractivity (Wildman–Crippen MR) is 92.1 cm³/mol. The van der Waals surface area contributed by atoms with Gasteiger partial charge in [0.05, 0.1) is 0 Å². The Morgan fingerprint density at radius 1 is 0.875 bits per heavy atom. The van der Waals surface area contributed by atoms with Crippen LogP contribution in [0.25, 0.3) is 0 Å². The average molecular weight is 320 g/mol. The maximum absolute atomic E-state index is 12.4. The highest BCUT2D eigenvalue weighted by Gasteiger charge is 2.39. The fraction of sp³-hybridized carbons (Fsp3) is 0.300. The molecular formula is C20H20N2O2. The first-order valence-electron chi connectivity index (χ1n) is 8.47. The van der Waals surface area contributed by atoms with E-state index in [1.807, 2.05) is 18.2 Å². The number of fused-ring (bicyclic) bond motifs is 2. The summed E-state index contributed by atoms with van der Waals surface area (Å²) in [6.45, 7) is 0. The summed E-state index contributed by atoms with van der Waals surface area (Å²) in [5.74, 6) is -0.0899. The molecule has 4 nitrogen and oxygen atoms in total. The van der Waals surface area contributed by atoms with Crippen LogP contribution in [-0.4, -0.2) is 29.8 Å². The molecule has 1 amide bonds. The molecule has 0 aromatic heterocycles. The number of benzene rings is 2. The molecule has 0 spiro atoms. The quantitative estimate of drug-likeness (QED) is 0.851. The second-order valence-electron chi connectivity index (χ2n) is 6.64. The topological polar surface area (TPSA) is 58.2 Å². The second kappa shape index (κ2) is 6.21. The van der Waals surface area contributed by atoms with Crippen LogP contribution in [0, 0.1) is 0 Å². The lowest BCUT2D eigenvalue weighted by Crippen LogP contribution is -2.42. The standard InChI is InChI=1S/C20H20N2O2/c23-19(13-4-2-1-3-5-13)14-6-8-15(9-7-14)20(24)22-18-12-16-10-11-17(18)21-16/h1-9,16-18,21H,10-12H2,(H,22,24). The Morgan fingerprint density at radius 3 is 2.17 bits per heavy atom. The summed E-state index contributed by atoms with van der Waals surface area (Å²) < 4.78 is 0. The zero-order valence-electron chi connectivity index (χ0n) is 13.4. The van der Waals surface area contributed by atoms with Crippen LogP contribution in [0.3, 0.4) is 0 Å². The summed E-state index contributed by atoms with van der Waals surface area (Å²) in [5, 5.41) is 6.64. The Hall–Kier alpha value is -2.46. The molecule has 3 unspecified atom stereocenters. The van der Waals surface area contributed by atoms with Crippen LogP contribution in [0.15, 0.2) is 54.6 Å². The van der Waals surface area contributed by atoms with Crippen molar-refractivity contribution in [1.29, 1.82) is 0 Å². The molecule has 2 aliphatic rings. The minimum Gasteiger partial charge on any atom is -0.348 e. The third kappa shape index (κ3) is 2.85. The molecule has 4 rings (SSSR count). The van der Waals surface area contributed by atoms with Crippen molar-refractivity contribution in [3.05, 3.63) is 71.3 Å². The molecule has 2 aliphatic heterocycles. The Kier molecular flexibility index (Phi) is 3.90. The van der Waals surface area contributed by atoms with Gasteiger partial charge < -0.3 is 10.6 Å². The van der Waals surface area contributed by atoms with Crippen LogP contribution in [0.2, 0.25) is 0 Å². The summed E-state index contributed by atoms with van der Waals surface area (Å²) in [4.78, 5) is 24.8. The van der Waals surface area contributed by atoms with E-state index in [9.17, 15) is 9.59 Å². The molecule has 2 aromatic carbocycles. The molecule has 0 saturated carbocycles. The van der Waals surface area contributed by atoms with Crippen molar-refractivity contribution in [3.63, 3.8) is 0 Å². The third-order valence-electron chi connectivity index (χ3n) is 5.06. The number of carbonyl (C=O) groups excluding carboxylic acids is 2. The molecule has 2 aromatic rings. The number of rotatable bonds is 4. The van der Waals surface area contributed by atoms with Gasteiger partial charge in [-0.05, 0) is 31.4 Å². The molecular weight excluding hydrogens is 300 g/mol. The smallest absolute Gasteiger partial charge is 0.251 e. The molecule has 0 aliphatic carbocycles. The van der Waals surface area contributed by atoms with Crippen molar-refractivity contribution in [1.82, 2.24) is 10.6 Å². The first-order chi connectivity index (χ1) is 11.7.